The van der Waals surface area contributed by atoms with E-state index in [1.807, 2.05) is 4.90 Å². The van der Waals surface area contributed by atoms with Crippen LogP contribution in [0.3, 0.4) is 0 Å². The lowest BCUT2D eigenvalue weighted by Crippen LogP contribution is -2.34. The molecule has 2 aromatic carbocycles. The topological polar surface area (TPSA) is 139 Å². The van der Waals surface area contributed by atoms with E-state index < -0.39 is 25.8 Å². The van der Waals surface area contributed by atoms with E-state index >= 15 is 0 Å². The maximum absolute atomic E-state index is 13.3. The summed E-state index contributed by atoms with van der Waals surface area (Å²) < 4.78 is 56.6. The zero-order valence-electron chi connectivity index (χ0n) is 23.1. The van der Waals surface area contributed by atoms with Crippen molar-refractivity contribution in [3.63, 3.8) is 0 Å². The largest absolute Gasteiger partial charge is 0.378 e. The van der Waals surface area contributed by atoms with E-state index in [2.05, 4.69) is 12.2 Å². The minimum absolute atomic E-state index is 0.0863. The summed E-state index contributed by atoms with van der Waals surface area (Å²) in [4.78, 5) is 15.4. The molecule has 10 nitrogen and oxygen atoms in total. The number of nitrogens with one attached hydrogen (secondary N) is 1. The van der Waals surface area contributed by atoms with Gasteiger partial charge in [0.1, 0.15) is 0 Å². The van der Waals surface area contributed by atoms with Crippen LogP contribution in [0, 0.1) is 0 Å². The first kappa shape index (κ1) is 30.9. The van der Waals surface area contributed by atoms with Crippen molar-refractivity contribution in [2.45, 2.75) is 56.1 Å². The van der Waals surface area contributed by atoms with Gasteiger partial charge in [0.05, 0.1) is 40.3 Å². The molecule has 216 valence electrons. The normalized spacial score (nSPS) is 17.8. The summed E-state index contributed by atoms with van der Waals surface area (Å²) in [5, 5.41) is 2.75. The zero-order chi connectivity index (χ0) is 28.8. The van der Waals surface area contributed by atoms with Crippen molar-refractivity contribution in [1.29, 1.82) is 0 Å². The highest BCUT2D eigenvalue weighted by molar-refractivity contribution is 7.92. The predicted octanol–water partition coefficient (Wildman–Crippen LogP) is 3.24. The highest BCUT2D eigenvalue weighted by Gasteiger charge is 2.31. The molecule has 1 aliphatic heterocycles. The monoisotopic (exact) mass is 580 g/mol. The third-order valence-corrected chi connectivity index (χ3v) is 10.0. The molecule has 3 rings (SSSR count). The summed E-state index contributed by atoms with van der Waals surface area (Å²) in [7, 11) is -4.09. The minimum Gasteiger partial charge on any atom is -0.378 e. The number of sulfone groups is 1. The molecule has 2 aromatic rings. The van der Waals surface area contributed by atoms with Crippen LogP contribution in [0.15, 0.2) is 47.4 Å². The number of carbonyl (C=O) groups is 1. The molecule has 1 amide bonds. The lowest BCUT2D eigenvalue weighted by Gasteiger charge is -2.24. The molecule has 0 aromatic heterocycles. The standard InChI is InChI=1S/C27H40N4O6S2/c1-5-6-7-8-9-16-39(35,36)22-13-10-20(11-14-22)29-27(32)23-15-12-21(17-25(23)30(2)38(4,33)34)31-18-24(28)26(19-31)37-3/h10-15,17,24,26H,5-9,16,18-19,28H2,1-4H3,(H,29,32)/t24-,26-/m1/s1. The molecule has 0 aliphatic carbocycles. The van der Waals surface area contributed by atoms with Crippen molar-refractivity contribution < 1.29 is 26.4 Å². The van der Waals surface area contributed by atoms with Crippen LogP contribution in [0.2, 0.25) is 0 Å². The quantitative estimate of drug-likeness (QED) is 0.344. The smallest absolute Gasteiger partial charge is 0.257 e. The highest BCUT2D eigenvalue weighted by Crippen LogP contribution is 2.31. The predicted molar refractivity (Wildman–Crippen MR) is 156 cm³/mol. The number of methoxy groups -OCH3 is 1. The maximum atomic E-state index is 13.3. The fraction of sp³-hybridized carbons (Fsp3) is 0.519. The maximum Gasteiger partial charge on any atom is 0.257 e. The van der Waals surface area contributed by atoms with Crippen LogP contribution in [0.4, 0.5) is 17.1 Å². The van der Waals surface area contributed by atoms with Crippen LogP contribution >= 0.6 is 0 Å². The van der Waals surface area contributed by atoms with E-state index in [1.165, 1.54) is 31.3 Å². The Bertz CT molecular complexity index is 1350. The summed E-state index contributed by atoms with van der Waals surface area (Å²) in [6, 6.07) is 10.8. The molecular weight excluding hydrogens is 540 g/mol. The second-order valence-corrected chi connectivity index (χ2v) is 14.1. The van der Waals surface area contributed by atoms with Crippen LogP contribution in [-0.4, -0.2) is 74.1 Å². The van der Waals surface area contributed by atoms with Gasteiger partial charge in [0.2, 0.25) is 10.0 Å². The molecule has 1 fully saturated rings. The van der Waals surface area contributed by atoms with Crippen LogP contribution in [-0.2, 0) is 24.6 Å². The molecule has 1 saturated heterocycles. The van der Waals surface area contributed by atoms with Gasteiger partial charge in [-0.05, 0) is 48.9 Å². The summed E-state index contributed by atoms with van der Waals surface area (Å²) in [5.41, 5.74) is 7.63. The second kappa shape index (κ2) is 13.1. The second-order valence-electron chi connectivity index (χ2n) is 9.99. The van der Waals surface area contributed by atoms with Crippen LogP contribution < -0.4 is 20.3 Å². The van der Waals surface area contributed by atoms with Crippen molar-refractivity contribution in [3.8, 4) is 0 Å². The van der Waals surface area contributed by atoms with E-state index in [0.29, 0.717) is 25.2 Å². The molecule has 0 unspecified atom stereocenters. The number of carbonyl (C=O) groups excluding carboxylic acids is 1. The molecule has 1 heterocycles. The number of benzene rings is 2. The number of amides is 1. The Labute approximate surface area is 232 Å². The number of unbranched alkanes of at least 4 members (excludes halogenated alkanes) is 4. The number of anilines is 3. The van der Waals surface area contributed by atoms with Gasteiger partial charge < -0.3 is 20.7 Å². The lowest BCUT2D eigenvalue weighted by atomic mass is 10.1. The number of ether oxygens (including phenoxy) is 1. The number of hydrogen-bond acceptors (Lipinski definition) is 8. The summed E-state index contributed by atoms with van der Waals surface area (Å²) in [6.07, 6.45) is 5.62. The van der Waals surface area contributed by atoms with Crippen molar-refractivity contribution in [1.82, 2.24) is 0 Å². The molecule has 1 aliphatic rings. The Kier molecular flexibility index (Phi) is 10.4. The Morgan fingerprint density at radius 1 is 1.05 bits per heavy atom. The summed E-state index contributed by atoms with van der Waals surface area (Å²) in [6.45, 7) is 3.18. The Morgan fingerprint density at radius 2 is 1.72 bits per heavy atom. The average Bonchev–Trinajstić information content (AvgIpc) is 3.28. The molecule has 2 atom stereocenters. The number of rotatable bonds is 13. The molecule has 12 heteroatoms. The van der Waals surface area contributed by atoms with Crippen molar-refractivity contribution in [2.75, 3.05) is 53.8 Å². The van der Waals surface area contributed by atoms with Gasteiger partial charge in [-0.2, -0.15) is 0 Å². The van der Waals surface area contributed by atoms with E-state index in [0.717, 1.165) is 41.9 Å². The van der Waals surface area contributed by atoms with Gasteiger partial charge in [0.15, 0.2) is 9.84 Å². The van der Waals surface area contributed by atoms with Gasteiger partial charge in [-0.3, -0.25) is 9.10 Å². The van der Waals surface area contributed by atoms with Gasteiger partial charge >= 0.3 is 0 Å². The fourth-order valence-corrected chi connectivity index (χ4v) is 6.44. The molecule has 3 N–H and O–H groups in total. The average molecular weight is 581 g/mol. The third kappa shape index (κ3) is 7.93. The Hall–Kier alpha value is -2.67. The first-order valence-corrected chi connectivity index (χ1v) is 16.6. The zero-order valence-corrected chi connectivity index (χ0v) is 24.7. The molecule has 39 heavy (non-hydrogen) atoms. The Morgan fingerprint density at radius 3 is 2.31 bits per heavy atom. The first-order chi connectivity index (χ1) is 18.4. The van der Waals surface area contributed by atoms with E-state index in [1.54, 1.807) is 25.3 Å². The van der Waals surface area contributed by atoms with Crippen LogP contribution in [0.5, 0.6) is 0 Å². The fourth-order valence-electron chi connectivity index (χ4n) is 4.56. The first-order valence-electron chi connectivity index (χ1n) is 13.1. The lowest BCUT2D eigenvalue weighted by molar-refractivity contribution is 0.102. The van der Waals surface area contributed by atoms with Gasteiger partial charge in [-0.1, -0.05) is 32.6 Å². The van der Waals surface area contributed by atoms with E-state index in [-0.39, 0.29) is 34.0 Å². The van der Waals surface area contributed by atoms with Gasteiger partial charge in [0, 0.05) is 38.6 Å². The number of nitrogens with zero attached hydrogens (tertiary/aromatic N) is 2. The number of sulfonamides is 1. The third-order valence-electron chi connectivity index (χ3n) is 7.03. The molecule has 0 spiro atoms. The van der Waals surface area contributed by atoms with Crippen molar-refractivity contribution in [3.05, 3.63) is 48.0 Å². The van der Waals surface area contributed by atoms with E-state index in [9.17, 15) is 21.6 Å². The number of nitrogens with two attached hydrogens (primary N) is 1. The van der Waals surface area contributed by atoms with Gasteiger partial charge in [-0.25, -0.2) is 16.8 Å². The summed E-state index contributed by atoms with van der Waals surface area (Å²) >= 11 is 0. The molecular formula is C27H40N4O6S2. The highest BCUT2D eigenvalue weighted by atomic mass is 32.2. The van der Waals surface area contributed by atoms with Gasteiger partial charge in [0.25, 0.3) is 5.91 Å². The van der Waals surface area contributed by atoms with Crippen molar-refractivity contribution in [2.24, 2.45) is 5.73 Å². The summed E-state index contributed by atoms with van der Waals surface area (Å²) in [5.74, 6) is -0.435. The minimum atomic E-state index is -3.67. The van der Waals surface area contributed by atoms with Crippen LogP contribution in [0.25, 0.3) is 0 Å². The molecule has 0 radical (unpaired) electrons. The molecule has 0 bridgehead atoms. The van der Waals surface area contributed by atoms with Crippen LogP contribution in [0.1, 0.15) is 49.4 Å². The number of hydrogen-bond donors (Lipinski definition) is 2. The Balaban J connectivity index is 1.79. The van der Waals surface area contributed by atoms with E-state index in [4.69, 9.17) is 10.5 Å². The van der Waals surface area contributed by atoms with Gasteiger partial charge in [-0.15, -0.1) is 0 Å². The molecule has 0 saturated carbocycles. The van der Waals surface area contributed by atoms with Crippen molar-refractivity contribution >= 4 is 42.8 Å². The SMILES string of the molecule is CCCCCCCS(=O)(=O)c1ccc(NC(=O)c2ccc(N3C[C@@H](N)[C@H](OC)C3)cc2N(C)S(C)(=O)=O)cc1.